The molecule has 1 aromatic heterocycles. The van der Waals surface area contributed by atoms with Gasteiger partial charge in [0.1, 0.15) is 17.5 Å². The zero-order valence-electron chi connectivity index (χ0n) is 14.5. The van der Waals surface area contributed by atoms with E-state index in [9.17, 15) is 9.59 Å². The van der Waals surface area contributed by atoms with Gasteiger partial charge in [-0.05, 0) is 38.1 Å². The summed E-state index contributed by atoms with van der Waals surface area (Å²) >= 11 is 0. The number of anilines is 1. The van der Waals surface area contributed by atoms with Gasteiger partial charge in [0.25, 0.3) is 5.91 Å². The molecule has 1 saturated heterocycles. The Balaban J connectivity index is 1.76. The lowest BCUT2D eigenvalue weighted by molar-refractivity contribution is -0.124. The van der Waals surface area contributed by atoms with Crippen molar-refractivity contribution in [2.45, 2.75) is 19.9 Å². The molecule has 7 nitrogen and oxygen atoms in total. The zero-order valence-corrected chi connectivity index (χ0v) is 14.5. The molecule has 0 spiro atoms. The van der Waals surface area contributed by atoms with Crippen LogP contribution in [0, 0.1) is 6.92 Å². The van der Waals surface area contributed by atoms with Gasteiger partial charge in [0.05, 0.1) is 19.0 Å². The molecule has 1 fully saturated rings. The van der Waals surface area contributed by atoms with Crippen LogP contribution in [0.15, 0.2) is 36.7 Å². The number of nitrogens with zero attached hydrogens (tertiary/aromatic N) is 4. The first-order chi connectivity index (χ1) is 12.0. The minimum absolute atomic E-state index is 0.121. The number of aryl methyl sites for hydroxylation is 1. The topological polar surface area (TPSA) is 75.6 Å². The maximum Gasteiger partial charge on any atom is 0.274 e. The third-order valence-electron chi connectivity index (χ3n) is 4.30. The second-order valence-electron chi connectivity index (χ2n) is 5.91. The second kappa shape index (κ2) is 6.88. The van der Waals surface area contributed by atoms with Crippen molar-refractivity contribution in [1.29, 1.82) is 0 Å². The molecule has 0 radical (unpaired) electrons. The number of hydrogen-bond donors (Lipinski definition) is 0. The van der Waals surface area contributed by atoms with Gasteiger partial charge in [-0.15, -0.1) is 0 Å². The van der Waals surface area contributed by atoms with Crippen LogP contribution in [0.25, 0.3) is 0 Å². The van der Waals surface area contributed by atoms with Gasteiger partial charge >= 0.3 is 0 Å². The molecule has 2 aromatic rings. The van der Waals surface area contributed by atoms with Crippen molar-refractivity contribution >= 4 is 17.5 Å². The molecule has 1 aromatic carbocycles. The zero-order chi connectivity index (χ0) is 18.0. The van der Waals surface area contributed by atoms with Crippen LogP contribution in [0.3, 0.4) is 0 Å². The van der Waals surface area contributed by atoms with Crippen molar-refractivity contribution in [2.75, 3.05) is 25.1 Å². The molecule has 1 atom stereocenters. The Morgan fingerprint density at radius 3 is 2.48 bits per heavy atom. The molecule has 0 aliphatic carbocycles. The van der Waals surface area contributed by atoms with E-state index < -0.39 is 6.04 Å². The van der Waals surface area contributed by atoms with Crippen molar-refractivity contribution < 1.29 is 14.3 Å². The van der Waals surface area contributed by atoms with Gasteiger partial charge < -0.3 is 14.5 Å². The van der Waals surface area contributed by atoms with Crippen molar-refractivity contribution in [3.8, 4) is 5.75 Å². The summed E-state index contributed by atoms with van der Waals surface area (Å²) in [5, 5.41) is 0. The Bertz CT molecular complexity index is 774. The Morgan fingerprint density at radius 2 is 1.88 bits per heavy atom. The third-order valence-corrected chi connectivity index (χ3v) is 4.30. The van der Waals surface area contributed by atoms with E-state index in [0.717, 1.165) is 17.1 Å². The van der Waals surface area contributed by atoms with Crippen LogP contribution in [0.5, 0.6) is 5.75 Å². The predicted octanol–water partition coefficient (Wildman–Crippen LogP) is 1.67. The molecule has 2 amide bonds. The Labute approximate surface area is 146 Å². The van der Waals surface area contributed by atoms with Crippen molar-refractivity contribution in [3.05, 3.63) is 48.0 Å². The molecule has 0 saturated carbocycles. The number of piperazine rings is 1. The Morgan fingerprint density at radius 1 is 1.16 bits per heavy atom. The van der Waals surface area contributed by atoms with Crippen LogP contribution in [0.4, 0.5) is 5.69 Å². The summed E-state index contributed by atoms with van der Waals surface area (Å²) in [5.74, 6) is 0.337. The smallest absolute Gasteiger partial charge is 0.274 e. The average molecular weight is 340 g/mol. The van der Waals surface area contributed by atoms with Crippen LogP contribution in [0.1, 0.15) is 23.1 Å². The SMILES string of the molecule is COc1ccc(N2CCN(C(=O)c3cnc(C)cn3)[C@@H](C)C2=O)cc1. The van der Waals surface area contributed by atoms with E-state index >= 15 is 0 Å². The van der Waals surface area contributed by atoms with Crippen LogP contribution in [-0.2, 0) is 4.79 Å². The summed E-state index contributed by atoms with van der Waals surface area (Å²) in [6.45, 7) is 4.41. The van der Waals surface area contributed by atoms with Crippen molar-refractivity contribution in [1.82, 2.24) is 14.9 Å². The lowest BCUT2D eigenvalue weighted by Gasteiger charge is -2.38. The van der Waals surface area contributed by atoms with Crippen LogP contribution in [0.2, 0.25) is 0 Å². The van der Waals surface area contributed by atoms with E-state index in [4.69, 9.17) is 4.74 Å². The Hall–Kier alpha value is -2.96. The second-order valence-corrected chi connectivity index (χ2v) is 5.91. The fourth-order valence-corrected chi connectivity index (χ4v) is 2.82. The van der Waals surface area contributed by atoms with E-state index in [1.54, 1.807) is 37.0 Å². The first kappa shape index (κ1) is 16.9. The lowest BCUT2D eigenvalue weighted by Crippen LogP contribution is -2.57. The Kier molecular flexibility index (Phi) is 4.65. The lowest BCUT2D eigenvalue weighted by atomic mass is 10.1. The number of ether oxygens (including phenoxy) is 1. The van der Waals surface area contributed by atoms with Crippen molar-refractivity contribution in [3.63, 3.8) is 0 Å². The predicted molar refractivity (Wildman–Crippen MR) is 92.6 cm³/mol. The highest BCUT2D eigenvalue weighted by atomic mass is 16.5. The fraction of sp³-hybridized carbons (Fsp3) is 0.333. The number of hydrogen-bond acceptors (Lipinski definition) is 5. The van der Waals surface area contributed by atoms with Gasteiger partial charge in [-0.1, -0.05) is 0 Å². The number of benzene rings is 1. The van der Waals surface area contributed by atoms with Crippen LogP contribution < -0.4 is 9.64 Å². The standard InChI is InChI=1S/C18H20N4O3/c1-12-10-20-16(11-19-12)18(24)21-8-9-22(17(23)13(21)2)14-4-6-15(25-3)7-5-14/h4-7,10-11,13H,8-9H2,1-3H3/t13-/m0/s1. The number of amides is 2. The highest BCUT2D eigenvalue weighted by molar-refractivity contribution is 6.02. The molecule has 130 valence electrons. The van der Waals surface area contributed by atoms with E-state index in [2.05, 4.69) is 9.97 Å². The molecule has 2 heterocycles. The van der Waals surface area contributed by atoms with Gasteiger partial charge in [0, 0.05) is 25.0 Å². The number of methoxy groups -OCH3 is 1. The van der Waals surface area contributed by atoms with Crippen molar-refractivity contribution in [2.24, 2.45) is 0 Å². The van der Waals surface area contributed by atoms with Gasteiger partial charge in [0.15, 0.2) is 0 Å². The maximum absolute atomic E-state index is 12.7. The molecule has 0 N–H and O–H groups in total. The molecule has 25 heavy (non-hydrogen) atoms. The van der Waals surface area contributed by atoms with Gasteiger partial charge in [-0.25, -0.2) is 4.98 Å². The minimum Gasteiger partial charge on any atom is -0.497 e. The van der Waals surface area contributed by atoms with E-state index in [1.165, 1.54) is 6.20 Å². The third kappa shape index (κ3) is 3.31. The van der Waals surface area contributed by atoms with E-state index in [1.807, 2.05) is 24.3 Å². The quantitative estimate of drug-likeness (QED) is 0.849. The van der Waals surface area contributed by atoms with Crippen LogP contribution in [-0.4, -0.2) is 52.9 Å². The maximum atomic E-state index is 12.7. The highest BCUT2D eigenvalue weighted by Gasteiger charge is 2.35. The van der Waals surface area contributed by atoms with Gasteiger partial charge in [0.2, 0.25) is 5.91 Å². The minimum atomic E-state index is -0.563. The normalized spacial score (nSPS) is 17.6. The summed E-state index contributed by atoms with van der Waals surface area (Å²) in [6.07, 6.45) is 3.00. The molecule has 1 aliphatic heterocycles. The molecular weight excluding hydrogens is 320 g/mol. The summed E-state index contributed by atoms with van der Waals surface area (Å²) in [7, 11) is 1.60. The highest BCUT2D eigenvalue weighted by Crippen LogP contribution is 2.23. The summed E-state index contributed by atoms with van der Waals surface area (Å²) in [6, 6.07) is 6.74. The average Bonchev–Trinajstić information content (AvgIpc) is 2.64. The summed E-state index contributed by atoms with van der Waals surface area (Å²) < 4.78 is 5.14. The molecular formula is C18H20N4O3. The number of carbonyl (C=O) groups is 2. The van der Waals surface area contributed by atoms with Gasteiger partial charge in [-0.2, -0.15) is 0 Å². The van der Waals surface area contributed by atoms with Crippen LogP contribution >= 0.6 is 0 Å². The number of carbonyl (C=O) groups excluding carboxylic acids is 2. The first-order valence-corrected chi connectivity index (χ1v) is 8.06. The number of aromatic nitrogens is 2. The molecule has 1 aliphatic rings. The fourth-order valence-electron chi connectivity index (χ4n) is 2.82. The monoisotopic (exact) mass is 340 g/mol. The molecule has 0 unspecified atom stereocenters. The van der Waals surface area contributed by atoms with E-state index in [0.29, 0.717) is 13.1 Å². The summed E-state index contributed by atoms with van der Waals surface area (Å²) in [5.41, 5.74) is 1.79. The molecule has 0 bridgehead atoms. The summed E-state index contributed by atoms with van der Waals surface area (Å²) in [4.78, 5) is 36.8. The van der Waals surface area contributed by atoms with E-state index in [-0.39, 0.29) is 17.5 Å². The van der Waals surface area contributed by atoms with Gasteiger partial charge in [-0.3, -0.25) is 14.6 Å². The largest absolute Gasteiger partial charge is 0.497 e. The molecule has 3 rings (SSSR count). The number of rotatable bonds is 3. The molecule has 7 heteroatoms. The first-order valence-electron chi connectivity index (χ1n) is 8.06.